The zero-order chi connectivity index (χ0) is 17.4. The van der Waals surface area contributed by atoms with Crippen LogP contribution in [0.2, 0.25) is 0 Å². The second-order valence-electron chi connectivity index (χ2n) is 5.50. The fraction of sp³-hybridized carbons (Fsp3) is 0.316. The summed E-state index contributed by atoms with van der Waals surface area (Å²) in [5.74, 6) is 1.70. The molecule has 1 amide bonds. The Morgan fingerprint density at radius 1 is 1.04 bits per heavy atom. The Labute approximate surface area is 151 Å². The molecule has 0 atom stereocenters. The van der Waals surface area contributed by atoms with E-state index in [-0.39, 0.29) is 5.91 Å². The number of carbonyl (C=O) groups excluding carboxylic acids is 1. The van der Waals surface area contributed by atoms with E-state index in [4.69, 9.17) is 9.47 Å². The van der Waals surface area contributed by atoms with Gasteiger partial charge in [-0.25, -0.2) is 0 Å². The monoisotopic (exact) mass is 391 g/mol. The topological polar surface area (TPSA) is 38.8 Å². The highest BCUT2D eigenvalue weighted by Crippen LogP contribution is 2.17. The second kappa shape index (κ2) is 9.33. The highest BCUT2D eigenvalue weighted by Gasteiger charge is 2.09. The Morgan fingerprint density at radius 3 is 2.29 bits per heavy atom. The van der Waals surface area contributed by atoms with Crippen LogP contribution in [0.4, 0.5) is 0 Å². The molecule has 0 N–H and O–H groups in total. The number of nitrogens with zero attached hydrogens (tertiary/aromatic N) is 1. The molecule has 0 heterocycles. The molecule has 0 unspecified atom stereocenters. The number of benzene rings is 2. The molecule has 0 aromatic heterocycles. The van der Waals surface area contributed by atoms with E-state index < -0.39 is 0 Å². The summed E-state index contributed by atoms with van der Waals surface area (Å²) in [4.78, 5) is 13.9. The van der Waals surface area contributed by atoms with Crippen molar-refractivity contribution in [1.82, 2.24) is 4.90 Å². The Bertz CT molecular complexity index is 641. The van der Waals surface area contributed by atoms with Crippen LogP contribution in [0, 0.1) is 0 Å². The van der Waals surface area contributed by atoms with Crippen LogP contribution in [-0.2, 0) is 11.3 Å². The number of carbonyl (C=O) groups is 1. The lowest BCUT2D eigenvalue weighted by atomic mass is 10.2. The molecule has 0 spiro atoms. The number of hydrogen-bond donors (Lipinski definition) is 0. The number of halogens is 1. The average molecular weight is 392 g/mol. The van der Waals surface area contributed by atoms with Gasteiger partial charge in [0.25, 0.3) is 0 Å². The van der Waals surface area contributed by atoms with Crippen molar-refractivity contribution in [3.05, 3.63) is 58.6 Å². The quantitative estimate of drug-likeness (QED) is 0.630. The smallest absolute Gasteiger partial charge is 0.222 e. The molecule has 0 radical (unpaired) electrons. The third kappa shape index (κ3) is 5.89. The first-order chi connectivity index (χ1) is 11.6. The van der Waals surface area contributed by atoms with E-state index in [2.05, 4.69) is 15.9 Å². The summed E-state index contributed by atoms with van der Waals surface area (Å²) in [5, 5.41) is 0. The van der Waals surface area contributed by atoms with Crippen molar-refractivity contribution in [2.75, 3.05) is 20.8 Å². The van der Waals surface area contributed by atoms with Crippen molar-refractivity contribution < 1.29 is 14.3 Å². The third-order valence-corrected chi connectivity index (χ3v) is 4.15. The molecule has 0 bridgehead atoms. The Morgan fingerprint density at radius 2 is 1.67 bits per heavy atom. The number of hydrogen-bond acceptors (Lipinski definition) is 3. The van der Waals surface area contributed by atoms with E-state index in [0.29, 0.717) is 26.0 Å². The molecule has 0 aliphatic heterocycles. The van der Waals surface area contributed by atoms with Gasteiger partial charge in [0.2, 0.25) is 5.91 Å². The van der Waals surface area contributed by atoms with E-state index in [9.17, 15) is 4.79 Å². The van der Waals surface area contributed by atoms with Crippen molar-refractivity contribution >= 4 is 21.8 Å². The normalized spacial score (nSPS) is 10.3. The van der Waals surface area contributed by atoms with E-state index in [0.717, 1.165) is 21.5 Å². The molecule has 0 aliphatic rings. The second-order valence-corrected chi connectivity index (χ2v) is 6.42. The van der Waals surface area contributed by atoms with Crippen LogP contribution >= 0.6 is 15.9 Å². The van der Waals surface area contributed by atoms with E-state index in [1.807, 2.05) is 55.6 Å². The van der Waals surface area contributed by atoms with Gasteiger partial charge in [-0.15, -0.1) is 0 Å². The zero-order valence-corrected chi connectivity index (χ0v) is 15.6. The molecule has 5 heteroatoms. The fourth-order valence-electron chi connectivity index (χ4n) is 2.23. The van der Waals surface area contributed by atoms with Gasteiger partial charge in [0, 0.05) is 24.5 Å². The molecule has 0 saturated heterocycles. The molecule has 0 saturated carbocycles. The van der Waals surface area contributed by atoms with Crippen LogP contribution in [0.1, 0.15) is 18.4 Å². The molecule has 0 aliphatic carbocycles. The van der Waals surface area contributed by atoms with Crippen LogP contribution in [-0.4, -0.2) is 31.6 Å². The van der Waals surface area contributed by atoms with Gasteiger partial charge in [0.1, 0.15) is 11.5 Å². The maximum atomic E-state index is 12.2. The first kappa shape index (κ1) is 18.3. The van der Waals surface area contributed by atoms with E-state index in [1.54, 1.807) is 12.0 Å². The highest BCUT2D eigenvalue weighted by molar-refractivity contribution is 9.10. The van der Waals surface area contributed by atoms with Crippen LogP contribution in [0.5, 0.6) is 11.5 Å². The fourth-order valence-corrected chi connectivity index (χ4v) is 2.49. The molecular weight excluding hydrogens is 370 g/mol. The lowest BCUT2D eigenvalue weighted by Crippen LogP contribution is -2.26. The standard InChI is InChI=1S/C19H22BrNO3/c1-21(14-15-5-7-16(20)8-6-15)19(22)4-3-13-24-18-11-9-17(23-2)10-12-18/h5-12H,3-4,13-14H2,1-2H3. The van der Waals surface area contributed by atoms with Gasteiger partial charge in [-0.2, -0.15) is 0 Å². The van der Waals surface area contributed by atoms with Crippen LogP contribution < -0.4 is 9.47 Å². The lowest BCUT2D eigenvalue weighted by Gasteiger charge is -2.17. The van der Waals surface area contributed by atoms with Crippen molar-refractivity contribution in [2.24, 2.45) is 0 Å². The van der Waals surface area contributed by atoms with Crippen molar-refractivity contribution in [3.8, 4) is 11.5 Å². The molecule has 2 aromatic carbocycles. The van der Waals surface area contributed by atoms with Gasteiger partial charge in [-0.05, 0) is 48.4 Å². The Kier molecular flexibility index (Phi) is 7.12. The van der Waals surface area contributed by atoms with Crippen LogP contribution in [0.3, 0.4) is 0 Å². The zero-order valence-electron chi connectivity index (χ0n) is 14.0. The summed E-state index contributed by atoms with van der Waals surface area (Å²) in [6.07, 6.45) is 1.17. The van der Waals surface area contributed by atoms with Gasteiger partial charge in [-0.3, -0.25) is 4.79 Å². The van der Waals surface area contributed by atoms with Crippen molar-refractivity contribution in [2.45, 2.75) is 19.4 Å². The third-order valence-electron chi connectivity index (χ3n) is 3.62. The molecule has 2 aromatic rings. The number of rotatable bonds is 8. The van der Waals surface area contributed by atoms with E-state index >= 15 is 0 Å². The Hall–Kier alpha value is -2.01. The first-order valence-electron chi connectivity index (χ1n) is 7.84. The largest absolute Gasteiger partial charge is 0.497 e. The van der Waals surface area contributed by atoms with Crippen molar-refractivity contribution in [3.63, 3.8) is 0 Å². The average Bonchev–Trinajstić information content (AvgIpc) is 2.61. The van der Waals surface area contributed by atoms with Crippen molar-refractivity contribution in [1.29, 1.82) is 0 Å². The minimum Gasteiger partial charge on any atom is -0.497 e. The summed E-state index contributed by atoms with van der Waals surface area (Å²) in [6, 6.07) is 15.4. The number of ether oxygens (including phenoxy) is 2. The maximum Gasteiger partial charge on any atom is 0.222 e. The maximum absolute atomic E-state index is 12.2. The van der Waals surface area contributed by atoms with Gasteiger partial charge >= 0.3 is 0 Å². The number of amides is 1. The Balaban J connectivity index is 1.69. The summed E-state index contributed by atoms with van der Waals surface area (Å²) < 4.78 is 11.8. The summed E-state index contributed by atoms with van der Waals surface area (Å²) >= 11 is 3.41. The molecule has 0 fully saturated rings. The van der Waals surface area contributed by atoms with E-state index in [1.165, 1.54) is 0 Å². The predicted molar refractivity (Wildman–Crippen MR) is 98.3 cm³/mol. The summed E-state index contributed by atoms with van der Waals surface area (Å²) in [5.41, 5.74) is 1.11. The summed E-state index contributed by atoms with van der Waals surface area (Å²) in [7, 11) is 3.46. The van der Waals surface area contributed by atoms with Gasteiger partial charge in [0.15, 0.2) is 0 Å². The number of methoxy groups -OCH3 is 1. The molecule has 2 rings (SSSR count). The molecule has 128 valence electrons. The molecule has 4 nitrogen and oxygen atoms in total. The van der Waals surface area contributed by atoms with Crippen LogP contribution in [0.15, 0.2) is 53.0 Å². The summed E-state index contributed by atoms with van der Waals surface area (Å²) in [6.45, 7) is 1.13. The first-order valence-corrected chi connectivity index (χ1v) is 8.63. The highest BCUT2D eigenvalue weighted by atomic mass is 79.9. The SMILES string of the molecule is COc1ccc(OCCCC(=O)N(C)Cc2ccc(Br)cc2)cc1. The minimum absolute atomic E-state index is 0.122. The van der Waals surface area contributed by atoms with Gasteiger partial charge in [-0.1, -0.05) is 28.1 Å². The minimum atomic E-state index is 0.122. The van der Waals surface area contributed by atoms with Gasteiger partial charge in [0.05, 0.1) is 13.7 Å². The van der Waals surface area contributed by atoms with Gasteiger partial charge < -0.3 is 14.4 Å². The predicted octanol–water partition coefficient (Wildman–Crippen LogP) is 4.28. The van der Waals surface area contributed by atoms with Crippen LogP contribution in [0.25, 0.3) is 0 Å². The molecule has 24 heavy (non-hydrogen) atoms. The lowest BCUT2D eigenvalue weighted by molar-refractivity contribution is -0.130. The molecular formula is C19H22BrNO3.